The van der Waals surface area contributed by atoms with Gasteiger partial charge >= 0.3 is 0 Å². The number of hydrogen-bond donors (Lipinski definition) is 0. The van der Waals surface area contributed by atoms with Gasteiger partial charge in [-0.2, -0.15) is 9.83 Å². The van der Waals surface area contributed by atoms with Crippen LogP contribution in [0.5, 0.6) is 0 Å². The highest BCUT2D eigenvalue weighted by atomic mass is 15.1. The van der Waals surface area contributed by atoms with Gasteiger partial charge in [0.05, 0.1) is 11.6 Å². The van der Waals surface area contributed by atoms with Crippen LogP contribution < -0.4 is 9.47 Å². The Morgan fingerprint density at radius 3 is 2.48 bits per heavy atom. The summed E-state index contributed by atoms with van der Waals surface area (Å²) in [7, 11) is 0. The number of hydrogen-bond acceptors (Lipinski definition) is 2. The first-order valence-corrected chi connectivity index (χ1v) is 9.92. The van der Waals surface area contributed by atoms with Crippen LogP contribution in [-0.4, -0.2) is 6.54 Å². The topological polar surface area (TPSA) is 30.9 Å². The van der Waals surface area contributed by atoms with Crippen LogP contribution in [0.1, 0.15) is 36.5 Å². The van der Waals surface area contributed by atoms with E-state index < -0.39 is 0 Å². The fraction of sp³-hybridized carbons (Fsp3) is 0.154. The van der Waals surface area contributed by atoms with Crippen molar-refractivity contribution in [3.8, 4) is 11.8 Å². The number of rotatable bonds is 4. The summed E-state index contributed by atoms with van der Waals surface area (Å²) in [6, 6.07) is 22.7. The molecule has 2 aromatic carbocycles. The molecular weight excluding hydrogens is 354 g/mol. The third-order valence-corrected chi connectivity index (χ3v) is 5.25. The summed E-state index contributed by atoms with van der Waals surface area (Å²) in [5, 5.41) is 9.10. The van der Waals surface area contributed by atoms with Crippen LogP contribution in [-0.2, 0) is 0 Å². The van der Waals surface area contributed by atoms with Crippen molar-refractivity contribution in [2.24, 2.45) is 0 Å². The minimum Gasteiger partial charge on any atom is -0.344 e. The molecule has 3 aromatic rings. The smallest absolute Gasteiger partial charge is 0.211 e. The van der Waals surface area contributed by atoms with E-state index in [1.54, 1.807) is 0 Å². The maximum absolute atomic E-state index is 9.10. The zero-order chi connectivity index (χ0) is 20.2. The van der Waals surface area contributed by atoms with E-state index in [0.717, 1.165) is 12.2 Å². The summed E-state index contributed by atoms with van der Waals surface area (Å²) >= 11 is 0. The molecule has 0 unspecified atom stereocenters. The zero-order valence-corrected chi connectivity index (χ0v) is 16.8. The molecule has 0 atom stereocenters. The predicted molar refractivity (Wildman–Crippen MR) is 118 cm³/mol. The Kier molecular flexibility index (Phi) is 5.27. The van der Waals surface area contributed by atoms with Gasteiger partial charge in [-0.05, 0) is 40.8 Å². The molecule has 0 N–H and O–H groups in total. The summed E-state index contributed by atoms with van der Waals surface area (Å²) < 4.78 is 2.03. The molecule has 0 bridgehead atoms. The molecule has 3 nitrogen and oxygen atoms in total. The maximum atomic E-state index is 9.10. The standard InChI is InChI=1S/C26H24N3/c1-20(2)25-8-3-4-9-26(25)29-16-12-23(13-17-29)22-10-14-28(15-11-22)24-7-5-6-21(18-24)19-27/h3-16,18,20H,17H2,1-2H3/q+1. The SMILES string of the molecule is CC(C)c1ccccc1N1C=CC(c2cc[n+](-c3cccc(C#N)c3)cc2)=CC1. The molecule has 29 heavy (non-hydrogen) atoms. The number of aromatic nitrogens is 1. The van der Waals surface area contributed by atoms with Crippen molar-refractivity contribution in [3.63, 3.8) is 0 Å². The normalized spacial score (nSPS) is 13.3. The summed E-state index contributed by atoms with van der Waals surface area (Å²) in [5.41, 5.74) is 6.71. The van der Waals surface area contributed by atoms with Crippen LogP contribution in [0.3, 0.4) is 0 Å². The maximum Gasteiger partial charge on any atom is 0.211 e. The number of anilines is 1. The fourth-order valence-corrected chi connectivity index (χ4v) is 3.65. The number of nitriles is 1. The largest absolute Gasteiger partial charge is 0.344 e. The number of pyridine rings is 1. The van der Waals surface area contributed by atoms with Crippen molar-refractivity contribution >= 4 is 11.3 Å². The number of nitrogens with zero attached hydrogens (tertiary/aromatic N) is 3. The summed E-state index contributed by atoms with van der Waals surface area (Å²) in [4.78, 5) is 2.30. The third kappa shape index (κ3) is 3.97. The van der Waals surface area contributed by atoms with Crippen molar-refractivity contribution in [3.05, 3.63) is 108 Å². The van der Waals surface area contributed by atoms with E-state index in [0.29, 0.717) is 11.5 Å². The van der Waals surface area contributed by atoms with Gasteiger partial charge in [-0.25, -0.2) is 0 Å². The van der Waals surface area contributed by atoms with E-state index in [9.17, 15) is 0 Å². The second-order valence-electron chi connectivity index (χ2n) is 7.50. The van der Waals surface area contributed by atoms with Crippen LogP contribution in [0.2, 0.25) is 0 Å². The molecule has 0 saturated carbocycles. The van der Waals surface area contributed by atoms with Gasteiger partial charge in [0.25, 0.3) is 0 Å². The van der Waals surface area contributed by atoms with Crippen molar-refractivity contribution in [1.82, 2.24) is 0 Å². The molecule has 0 saturated heterocycles. The molecular formula is C26H24N3+. The second kappa shape index (κ2) is 8.16. The Hall–Kier alpha value is -3.64. The average Bonchev–Trinajstić information content (AvgIpc) is 2.79. The van der Waals surface area contributed by atoms with E-state index in [2.05, 4.69) is 79.6 Å². The van der Waals surface area contributed by atoms with E-state index in [4.69, 9.17) is 5.26 Å². The number of benzene rings is 2. The Labute approximate surface area is 172 Å². The van der Waals surface area contributed by atoms with E-state index in [1.165, 1.54) is 22.4 Å². The lowest BCUT2D eigenvalue weighted by molar-refractivity contribution is -0.595. The Bertz CT molecular complexity index is 1120. The fourth-order valence-electron chi connectivity index (χ4n) is 3.65. The summed E-state index contributed by atoms with van der Waals surface area (Å²) in [5.74, 6) is 0.495. The molecule has 1 aliphatic heterocycles. The van der Waals surface area contributed by atoms with Crippen molar-refractivity contribution in [2.45, 2.75) is 19.8 Å². The third-order valence-electron chi connectivity index (χ3n) is 5.25. The summed E-state index contributed by atoms with van der Waals surface area (Å²) in [6.45, 7) is 5.33. The Balaban J connectivity index is 1.53. The lowest BCUT2D eigenvalue weighted by Crippen LogP contribution is -2.29. The van der Waals surface area contributed by atoms with Crippen molar-refractivity contribution in [2.75, 3.05) is 11.4 Å². The van der Waals surface area contributed by atoms with Crippen LogP contribution >= 0.6 is 0 Å². The van der Waals surface area contributed by atoms with Crippen LogP contribution in [0, 0.1) is 11.3 Å². The molecule has 1 aliphatic rings. The molecule has 0 fully saturated rings. The average molecular weight is 378 g/mol. The first-order valence-electron chi connectivity index (χ1n) is 9.92. The lowest BCUT2D eigenvalue weighted by Gasteiger charge is -2.26. The quantitative estimate of drug-likeness (QED) is 0.571. The Morgan fingerprint density at radius 2 is 1.79 bits per heavy atom. The highest BCUT2D eigenvalue weighted by molar-refractivity contribution is 5.77. The molecule has 3 heteroatoms. The Morgan fingerprint density at radius 1 is 1.00 bits per heavy atom. The van der Waals surface area contributed by atoms with Gasteiger partial charge in [0.15, 0.2) is 12.4 Å². The van der Waals surface area contributed by atoms with Gasteiger partial charge in [0, 0.05) is 42.7 Å². The zero-order valence-electron chi connectivity index (χ0n) is 16.8. The summed E-state index contributed by atoms with van der Waals surface area (Å²) in [6.07, 6.45) is 10.7. The first-order chi connectivity index (χ1) is 14.2. The lowest BCUT2D eigenvalue weighted by atomic mass is 9.99. The molecule has 0 radical (unpaired) electrons. The highest BCUT2D eigenvalue weighted by Gasteiger charge is 2.14. The van der Waals surface area contributed by atoms with Gasteiger partial charge in [0.1, 0.15) is 0 Å². The van der Waals surface area contributed by atoms with E-state index in [-0.39, 0.29) is 0 Å². The monoisotopic (exact) mass is 378 g/mol. The van der Waals surface area contributed by atoms with Gasteiger partial charge in [-0.15, -0.1) is 0 Å². The van der Waals surface area contributed by atoms with Gasteiger partial charge in [-0.3, -0.25) is 0 Å². The van der Waals surface area contributed by atoms with E-state index >= 15 is 0 Å². The molecule has 0 aliphatic carbocycles. The molecule has 2 heterocycles. The van der Waals surface area contributed by atoms with Crippen molar-refractivity contribution < 1.29 is 4.57 Å². The highest BCUT2D eigenvalue weighted by Crippen LogP contribution is 2.30. The molecule has 0 amide bonds. The van der Waals surface area contributed by atoms with Crippen LogP contribution in [0.25, 0.3) is 11.3 Å². The predicted octanol–water partition coefficient (Wildman–Crippen LogP) is 5.38. The number of allylic oxidation sites excluding steroid dienone is 2. The van der Waals surface area contributed by atoms with Crippen molar-refractivity contribution in [1.29, 1.82) is 5.26 Å². The minimum atomic E-state index is 0.495. The number of para-hydroxylation sites is 1. The van der Waals surface area contributed by atoms with Gasteiger partial charge < -0.3 is 4.90 Å². The molecule has 0 spiro atoms. The van der Waals surface area contributed by atoms with E-state index in [1.807, 2.05) is 41.2 Å². The molecule has 142 valence electrons. The van der Waals surface area contributed by atoms with Crippen LogP contribution in [0.4, 0.5) is 5.69 Å². The first kappa shape index (κ1) is 18.7. The second-order valence-corrected chi connectivity index (χ2v) is 7.50. The molecule has 1 aromatic heterocycles. The van der Waals surface area contributed by atoms with Crippen LogP contribution in [0.15, 0.2) is 91.4 Å². The van der Waals surface area contributed by atoms with Gasteiger partial charge in [-0.1, -0.05) is 44.2 Å². The minimum absolute atomic E-state index is 0.495. The molecule has 4 rings (SSSR count). The van der Waals surface area contributed by atoms with Gasteiger partial charge in [0.2, 0.25) is 5.69 Å².